The van der Waals surface area contributed by atoms with Crippen LogP contribution in [0.2, 0.25) is 0 Å². The van der Waals surface area contributed by atoms with Crippen LogP contribution in [0, 0.1) is 0 Å². The molecule has 0 atom stereocenters. The van der Waals surface area contributed by atoms with Crippen LogP contribution < -0.4 is 10.6 Å². The number of nitrogens with one attached hydrogen (secondary N) is 2. The molecular formula is C16H15N3O2. The standard InChI is InChI=1S/C16H15N3O2/c20-15(17-9-8-11-4-2-1-3-5-11)13-7-6-12-10-18-16(21)14(12)19-13/h1-7H,8-10H2,(H,17,20)(H,18,21). The number of hydrogen-bond donors (Lipinski definition) is 2. The Bertz CT molecular complexity index is 683. The van der Waals surface area contributed by atoms with Crippen molar-refractivity contribution < 1.29 is 9.59 Å². The molecule has 0 spiro atoms. The Hall–Kier alpha value is -2.69. The maximum absolute atomic E-state index is 12.0. The van der Waals surface area contributed by atoms with Gasteiger partial charge in [-0.3, -0.25) is 9.59 Å². The zero-order valence-corrected chi connectivity index (χ0v) is 11.4. The van der Waals surface area contributed by atoms with Gasteiger partial charge < -0.3 is 10.6 Å². The van der Waals surface area contributed by atoms with Gasteiger partial charge in [0.05, 0.1) is 0 Å². The van der Waals surface area contributed by atoms with Crippen molar-refractivity contribution >= 4 is 11.8 Å². The molecule has 1 aliphatic heterocycles. The normalized spacial score (nSPS) is 12.7. The smallest absolute Gasteiger partial charge is 0.270 e. The van der Waals surface area contributed by atoms with Crippen molar-refractivity contribution in [1.29, 1.82) is 0 Å². The molecule has 0 fully saturated rings. The summed E-state index contributed by atoms with van der Waals surface area (Å²) in [4.78, 5) is 27.7. The maximum Gasteiger partial charge on any atom is 0.270 e. The third kappa shape index (κ3) is 2.91. The highest BCUT2D eigenvalue weighted by molar-refractivity contribution is 5.99. The molecule has 1 aliphatic rings. The Morgan fingerprint density at radius 2 is 2.00 bits per heavy atom. The lowest BCUT2D eigenvalue weighted by atomic mass is 10.1. The Labute approximate surface area is 122 Å². The molecule has 0 saturated carbocycles. The number of fused-ring (bicyclic) bond motifs is 1. The van der Waals surface area contributed by atoms with Gasteiger partial charge in [0, 0.05) is 18.7 Å². The fraction of sp³-hybridized carbons (Fsp3) is 0.188. The zero-order valence-electron chi connectivity index (χ0n) is 11.4. The Kier molecular flexibility index (Phi) is 3.64. The van der Waals surface area contributed by atoms with Crippen LogP contribution in [0.4, 0.5) is 0 Å². The number of nitrogens with zero attached hydrogens (tertiary/aromatic N) is 1. The van der Waals surface area contributed by atoms with E-state index < -0.39 is 0 Å². The number of hydrogen-bond acceptors (Lipinski definition) is 3. The molecule has 2 N–H and O–H groups in total. The third-order valence-corrected chi connectivity index (χ3v) is 3.41. The minimum absolute atomic E-state index is 0.219. The molecule has 0 unspecified atom stereocenters. The van der Waals surface area contributed by atoms with E-state index in [9.17, 15) is 9.59 Å². The molecule has 0 bridgehead atoms. The Balaban J connectivity index is 1.61. The average molecular weight is 281 g/mol. The first-order valence-corrected chi connectivity index (χ1v) is 6.84. The predicted octanol–water partition coefficient (Wildman–Crippen LogP) is 1.30. The lowest BCUT2D eigenvalue weighted by molar-refractivity contribution is 0.0948. The van der Waals surface area contributed by atoms with Crippen LogP contribution in [-0.4, -0.2) is 23.3 Å². The molecule has 106 valence electrons. The first kappa shape index (κ1) is 13.3. The largest absolute Gasteiger partial charge is 0.350 e. The molecule has 0 saturated heterocycles. The van der Waals surface area contributed by atoms with Crippen molar-refractivity contribution in [3.05, 3.63) is 65.0 Å². The minimum atomic E-state index is -0.256. The summed E-state index contributed by atoms with van der Waals surface area (Å²) in [5.41, 5.74) is 2.63. The van der Waals surface area contributed by atoms with Gasteiger partial charge in [0.25, 0.3) is 11.8 Å². The maximum atomic E-state index is 12.0. The van der Waals surface area contributed by atoms with Gasteiger partial charge in [-0.1, -0.05) is 36.4 Å². The topological polar surface area (TPSA) is 71.1 Å². The molecule has 3 rings (SSSR count). The van der Waals surface area contributed by atoms with E-state index in [1.807, 2.05) is 30.3 Å². The molecular weight excluding hydrogens is 266 g/mol. The van der Waals surface area contributed by atoms with Crippen LogP contribution in [-0.2, 0) is 13.0 Å². The van der Waals surface area contributed by atoms with E-state index in [0.717, 1.165) is 12.0 Å². The van der Waals surface area contributed by atoms with Crippen molar-refractivity contribution in [2.24, 2.45) is 0 Å². The molecule has 2 aromatic rings. The number of aromatic nitrogens is 1. The Morgan fingerprint density at radius 3 is 2.81 bits per heavy atom. The second-order valence-electron chi connectivity index (χ2n) is 4.88. The second-order valence-corrected chi connectivity index (χ2v) is 4.88. The lowest BCUT2D eigenvalue weighted by Gasteiger charge is -2.05. The van der Waals surface area contributed by atoms with Crippen molar-refractivity contribution in [3.8, 4) is 0 Å². The first-order chi connectivity index (χ1) is 10.2. The van der Waals surface area contributed by atoms with Gasteiger partial charge in [-0.05, 0) is 18.1 Å². The van der Waals surface area contributed by atoms with E-state index in [2.05, 4.69) is 15.6 Å². The fourth-order valence-corrected chi connectivity index (χ4v) is 2.27. The van der Waals surface area contributed by atoms with Gasteiger partial charge in [0.2, 0.25) is 0 Å². The molecule has 0 radical (unpaired) electrons. The van der Waals surface area contributed by atoms with Crippen LogP contribution >= 0.6 is 0 Å². The summed E-state index contributed by atoms with van der Waals surface area (Å²) in [5.74, 6) is -0.475. The molecule has 1 aromatic carbocycles. The first-order valence-electron chi connectivity index (χ1n) is 6.84. The molecule has 21 heavy (non-hydrogen) atoms. The van der Waals surface area contributed by atoms with Crippen LogP contribution in [0.3, 0.4) is 0 Å². The van der Waals surface area contributed by atoms with E-state index in [4.69, 9.17) is 0 Å². The van der Waals surface area contributed by atoms with Crippen molar-refractivity contribution in [1.82, 2.24) is 15.6 Å². The quantitative estimate of drug-likeness (QED) is 0.887. The number of carbonyl (C=O) groups excluding carboxylic acids is 2. The zero-order chi connectivity index (χ0) is 14.7. The van der Waals surface area contributed by atoms with Gasteiger partial charge in [-0.2, -0.15) is 0 Å². The highest BCUT2D eigenvalue weighted by atomic mass is 16.2. The van der Waals surface area contributed by atoms with E-state index in [-0.39, 0.29) is 17.5 Å². The van der Waals surface area contributed by atoms with Crippen LogP contribution in [0.15, 0.2) is 42.5 Å². The molecule has 5 nitrogen and oxygen atoms in total. The van der Waals surface area contributed by atoms with Crippen LogP contribution in [0.5, 0.6) is 0 Å². The van der Waals surface area contributed by atoms with E-state index in [1.165, 1.54) is 5.56 Å². The van der Waals surface area contributed by atoms with Gasteiger partial charge in [-0.25, -0.2) is 4.98 Å². The van der Waals surface area contributed by atoms with Crippen molar-refractivity contribution in [3.63, 3.8) is 0 Å². The summed E-state index contributed by atoms with van der Waals surface area (Å²) in [6.45, 7) is 1.02. The molecule has 1 aromatic heterocycles. The van der Waals surface area contributed by atoms with Crippen molar-refractivity contribution in [2.75, 3.05) is 6.54 Å². The number of amides is 2. The van der Waals surface area contributed by atoms with Gasteiger partial charge >= 0.3 is 0 Å². The van der Waals surface area contributed by atoms with Crippen molar-refractivity contribution in [2.45, 2.75) is 13.0 Å². The van der Waals surface area contributed by atoms with E-state index >= 15 is 0 Å². The SMILES string of the molecule is O=C(NCCc1ccccc1)c1ccc2c(n1)C(=O)NC2. The minimum Gasteiger partial charge on any atom is -0.350 e. The van der Waals surface area contributed by atoms with Gasteiger partial charge in [0.15, 0.2) is 0 Å². The monoisotopic (exact) mass is 281 g/mol. The number of pyridine rings is 1. The summed E-state index contributed by atoms with van der Waals surface area (Å²) in [6.07, 6.45) is 0.762. The number of rotatable bonds is 4. The molecule has 5 heteroatoms. The number of benzene rings is 1. The molecule has 2 amide bonds. The summed E-state index contributed by atoms with van der Waals surface area (Å²) in [5, 5.41) is 5.50. The predicted molar refractivity (Wildman–Crippen MR) is 77.9 cm³/mol. The second kappa shape index (κ2) is 5.75. The molecule has 2 heterocycles. The number of carbonyl (C=O) groups is 2. The summed E-state index contributed by atoms with van der Waals surface area (Å²) < 4.78 is 0. The van der Waals surface area contributed by atoms with E-state index in [1.54, 1.807) is 12.1 Å². The lowest BCUT2D eigenvalue weighted by Crippen LogP contribution is -2.27. The third-order valence-electron chi connectivity index (χ3n) is 3.41. The Morgan fingerprint density at radius 1 is 1.19 bits per heavy atom. The highest BCUT2D eigenvalue weighted by Gasteiger charge is 2.22. The summed E-state index contributed by atoms with van der Waals surface area (Å²) in [6, 6.07) is 13.4. The van der Waals surface area contributed by atoms with Crippen LogP contribution in [0.1, 0.15) is 32.1 Å². The van der Waals surface area contributed by atoms with Gasteiger partial charge in [0.1, 0.15) is 11.4 Å². The highest BCUT2D eigenvalue weighted by Crippen LogP contribution is 2.13. The molecule has 0 aliphatic carbocycles. The van der Waals surface area contributed by atoms with Crippen LogP contribution in [0.25, 0.3) is 0 Å². The van der Waals surface area contributed by atoms with E-state index in [0.29, 0.717) is 18.8 Å². The summed E-state index contributed by atoms with van der Waals surface area (Å²) in [7, 11) is 0. The summed E-state index contributed by atoms with van der Waals surface area (Å²) >= 11 is 0. The fourth-order valence-electron chi connectivity index (χ4n) is 2.27. The average Bonchev–Trinajstić information content (AvgIpc) is 2.89. The van der Waals surface area contributed by atoms with Gasteiger partial charge in [-0.15, -0.1) is 0 Å².